The molecule has 0 aliphatic rings. The molecule has 2 rings (SSSR count). The fourth-order valence-electron chi connectivity index (χ4n) is 1.51. The Morgan fingerprint density at radius 1 is 1.11 bits per heavy atom. The first-order valence-corrected chi connectivity index (χ1v) is 7.31. The van der Waals surface area contributed by atoms with Gasteiger partial charge in [-0.05, 0) is 35.9 Å². The van der Waals surface area contributed by atoms with Crippen LogP contribution in [0.5, 0.6) is 0 Å². The number of hydrogen-bond donors (Lipinski definition) is 1. The topological polar surface area (TPSA) is 43.1 Å². The van der Waals surface area contributed by atoms with Crippen molar-refractivity contribution in [2.45, 2.75) is 10.6 Å². The number of halogens is 2. The lowest BCUT2D eigenvalue weighted by molar-refractivity contribution is 0.682. The third-order valence-electron chi connectivity index (χ3n) is 2.42. The summed E-state index contributed by atoms with van der Waals surface area (Å²) < 4.78 is 12.2. The molecule has 0 spiro atoms. The summed E-state index contributed by atoms with van der Waals surface area (Å²) in [6, 6.07) is 12.3. The van der Waals surface area contributed by atoms with E-state index < -0.39 is 10.8 Å². The highest BCUT2D eigenvalue weighted by Gasteiger charge is 2.07. The highest BCUT2D eigenvalue weighted by molar-refractivity contribution is 7.84. The predicted molar refractivity (Wildman–Crippen MR) is 77.4 cm³/mol. The SMILES string of the molecule is Nc1ccc(S(=O)Cc2cccc(Cl)c2)cc1Cl. The van der Waals surface area contributed by atoms with Crippen LogP contribution < -0.4 is 5.73 Å². The third-order valence-corrected chi connectivity index (χ3v) is 4.36. The molecule has 0 aromatic heterocycles. The highest BCUT2D eigenvalue weighted by atomic mass is 35.5. The molecule has 94 valence electrons. The van der Waals surface area contributed by atoms with Gasteiger partial charge >= 0.3 is 0 Å². The second-order valence-electron chi connectivity index (χ2n) is 3.80. The van der Waals surface area contributed by atoms with Crippen molar-refractivity contribution >= 4 is 39.7 Å². The van der Waals surface area contributed by atoms with Gasteiger partial charge < -0.3 is 5.73 Å². The van der Waals surface area contributed by atoms with Crippen molar-refractivity contribution in [2.24, 2.45) is 0 Å². The van der Waals surface area contributed by atoms with Gasteiger partial charge in [0.05, 0.1) is 27.3 Å². The average Bonchev–Trinajstić information content (AvgIpc) is 2.32. The third kappa shape index (κ3) is 3.25. The van der Waals surface area contributed by atoms with Crippen LogP contribution in [0, 0.1) is 0 Å². The van der Waals surface area contributed by atoms with Crippen LogP contribution >= 0.6 is 23.2 Å². The Labute approximate surface area is 118 Å². The Kier molecular flexibility index (Phi) is 4.27. The molecule has 0 bridgehead atoms. The Balaban J connectivity index is 2.19. The normalized spacial score (nSPS) is 12.3. The van der Waals surface area contributed by atoms with E-state index in [9.17, 15) is 4.21 Å². The minimum absolute atomic E-state index is 0.404. The number of hydrogen-bond acceptors (Lipinski definition) is 2. The molecule has 1 atom stereocenters. The molecule has 2 aromatic carbocycles. The van der Waals surface area contributed by atoms with E-state index in [2.05, 4.69) is 0 Å². The zero-order chi connectivity index (χ0) is 13.1. The molecule has 0 radical (unpaired) electrons. The maximum Gasteiger partial charge on any atom is 0.0647 e. The number of anilines is 1. The van der Waals surface area contributed by atoms with Crippen LogP contribution in [0.25, 0.3) is 0 Å². The van der Waals surface area contributed by atoms with E-state index in [1.807, 2.05) is 12.1 Å². The van der Waals surface area contributed by atoms with Crippen molar-refractivity contribution in [3.63, 3.8) is 0 Å². The standard InChI is InChI=1S/C13H11Cl2NOS/c14-10-3-1-2-9(6-10)8-18(17)11-4-5-13(16)12(15)7-11/h1-7H,8,16H2. The van der Waals surface area contributed by atoms with Crippen LogP contribution in [-0.2, 0) is 16.6 Å². The lowest BCUT2D eigenvalue weighted by atomic mass is 10.2. The van der Waals surface area contributed by atoms with Gasteiger partial charge in [-0.1, -0.05) is 35.3 Å². The average molecular weight is 300 g/mol. The van der Waals surface area contributed by atoms with Gasteiger partial charge in [0.15, 0.2) is 0 Å². The van der Waals surface area contributed by atoms with Crippen LogP contribution in [0.4, 0.5) is 5.69 Å². The summed E-state index contributed by atoms with van der Waals surface area (Å²) in [5.41, 5.74) is 7.02. The van der Waals surface area contributed by atoms with E-state index in [0.29, 0.717) is 26.4 Å². The lowest BCUT2D eigenvalue weighted by Crippen LogP contribution is -1.97. The van der Waals surface area contributed by atoms with Gasteiger partial charge in [-0.25, -0.2) is 0 Å². The van der Waals surface area contributed by atoms with E-state index in [-0.39, 0.29) is 0 Å². The predicted octanol–water partition coefficient (Wildman–Crippen LogP) is 3.88. The zero-order valence-corrected chi connectivity index (χ0v) is 11.7. The molecule has 0 amide bonds. The van der Waals surface area contributed by atoms with Crippen LogP contribution in [0.2, 0.25) is 10.0 Å². The number of benzene rings is 2. The maximum absolute atomic E-state index is 12.2. The molecule has 18 heavy (non-hydrogen) atoms. The zero-order valence-electron chi connectivity index (χ0n) is 9.40. The largest absolute Gasteiger partial charge is 0.398 e. The van der Waals surface area contributed by atoms with E-state index >= 15 is 0 Å². The van der Waals surface area contributed by atoms with Gasteiger partial charge in [0, 0.05) is 9.92 Å². The van der Waals surface area contributed by atoms with Crippen molar-refractivity contribution < 1.29 is 4.21 Å². The maximum atomic E-state index is 12.2. The molecule has 2 aromatic rings. The molecule has 1 unspecified atom stereocenters. The Morgan fingerprint density at radius 3 is 2.56 bits per heavy atom. The monoisotopic (exact) mass is 299 g/mol. The van der Waals surface area contributed by atoms with Crippen molar-refractivity contribution in [3.8, 4) is 0 Å². The van der Waals surface area contributed by atoms with Gasteiger partial charge in [-0.3, -0.25) is 4.21 Å². The first kappa shape index (κ1) is 13.4. The minimum Gasteiger partial charge on any atom is -0.398 e. The fourth-order valence-corrected chi connectivity index (χ4v) is 3.09. The van der Waals surface area contributed by atoms with Crippen LogP contribution in [0.1, 0.15) is 5.56 Å². The van der Waals surface area contributed by atoms with Crippen molar-refractivity contribution in [2.75, 3.05) is 5.73 Å². The van der Waals surface area contributed by atoms with E-state index in [1.165, 1.54) is 0 Å². The Morgan fingerprint density at radius 2 is 1.89 bits per heavy atom. The van der Waals surface area contributed by atoms with Crippen molar-refractivity contribution in [1.29, 1.82) is 0 Å². The first-order valence-electron chi connectivity index (χ1n) is 5.24. The molecule has 0 aliphatic heterocycles. The van der Waals surface area contributed by atoms with Gasteiger partial charge in [-0.2, -0.15) is 0 Å². The van der Waals surface area contributed by atoms with Crippen molar-refractivity contribution in [1.82, 2.24) is 0 Å². The highest BCUT2D eigenvalue weighted by Crippen LogP contribution is 2.23. The summed E-state index contributed by atoms with van der Waals surface area (Å²) in [6.07, 6.45) is 0. The summed E-state index contributed by atoms with van der Waals surface area (Å²) in [5, 5.41) is 1.06. The molecule has 5 heteroatoms. The molecule has 0 saturated carbocycles. The second kappa shape index (κ2) is 5.74. The quantitative estimate of drug-likeness (QED) is 0.874. The van der Waals surface area contributed by atoms with Gasteiger partial charge in [-0.15, -0.1) is 0 Å². The van der Waals surface area contributed by atoms with E-state index in [4.69, 9.17) is 28.9 Å². The molecule has 0 fully saturated rings. The molecule has 0 heterocycles. The summed E-state index contributed by atoms with van der Waals surface area (Å²) in [4.78, 5) is 0.661. The lowest BCUT2D eigenvalue weighted by Gasteiger charge is -2.05. The van der Waals surface area contributed by atoms with Gasteiger partial charge in [0.2, 0.25) is 0 Å². The second-order valence-corrected chi connectivity index (χ2v) is 6.10. The van der Waals surface area contributed by atoms with E-state index in [0.717, 1.165) is 5.56 Å². The molecule has 0 saturated heterocycles. The molecule has 0 aliphatic carbocycles. The smallest absolute Gasteiger partial charge is 0.0647 e. The number of rotatable bonds is 3. The van der Waals surface area contributed by atoms with E-state index in [1.54, 1.807) is 30.3 Å². The Hall–Kier alpha value is -1.03. The number of nitrogens with two attached hydrogens (primary N) is 1. The summed E-state index contributed by atoms with van der Waals surface area (Å²) >= 11 is 11.8. The Bertz CT molecular complexity index is 601. The molecule has 2 nitrogen and oxygen atoms in total. The van der Waals surface area contributed by atoms with Gasteiger partial charge in [0.25, 0.3) is 0 Å². The molecule has 2 N–H and O–H groups in total. The minimum atomic E-state index is -1.16. The first-order chi connectivity index (χ1) is 8.56. The summed E-state index contributed by atoms with van der Waals surface area (Å²) in [7, 11) is -1.16. The summed E-state index contributed by atoms with van der Waals surface area (Å²) in [6.45, 7) is 0. The fraction of sp³-hybridized carbons (Fsp3) is 0.0769. The number of nitrogen functional groups attached to an aromatic ring is 1. The summed E-state index contributed by atoms with van der Waals surface area (Å²) in [5.74, 6) is 0.404. The van der Waals surface area contributed by atoms with Crippen molar-refractivity contribution in [3.05, 3.63) is 58.1 Å². The van der Waals surface area contributed by atoms with Crippen LogP contribution in [0.3, 0.4) is 0 Å². The molecular weight excluding hydrogens is 289 g/mol. The van der Waals surface area contributed by atoms with Crippen LogP contribution in [0.15, 0.2) is 47.4 Å². The van der Waals surface area contributed by atoms with Crippen LogP contribution in [-0.4, -0.2) is 4.21 Å². The van der Waals surface area contributed by atoms with Gasteiger partial charge in [0.1, 0.15) is 0 Å². The molecular formula is C13H11Cl2NOS.